The lowest BCUT2D eigenvalue weighted by atomic mass is 10.2. The molecule has 3 N–H and O–H groups in total. The molecule has 0 aliphatic rings. The lowest BCUT2D eigenvalue weighted by Crippen LogP contribution is -2.41. The van der Waals surface area contributed by atoms with Crippen molar-refractivity contribution < 1.29 is 19.8 Å². The molecular formula is C13H14N2O4S2. The van der Waals surface area contributed by atoms with Crippen LogP contribution in [0.2, 0.25) is 0 Å². The van der Waals surface area contributed by atoms with Gasteiger partial charge in [-0.3, -0.25) is 4.79 Å². The van der Waals surface area contributed by atoms with Crippen LogP contribution in [-0.4, -0.2) is 39.7 Å². The van der Waals surface area contributed by atoms with E-state index in [4.69, 9.17) is 10.2 Å². The highest BCUT2D eigenvalue weighted by Gasteiger charge is 2.23. The van der Waals surface area contributed by atoms with Crippen LogP contribution in [0.4, 0.5) is 0 Å². The standard InChI is InChI=1S/C13H14N2O4S2/c1-7-10(11(17)15-9(2-4-16)13(18)19)21-12(14-7)8-3-5-20-6-8/h3,5-6,9,16H,2,4H2,1H3,(H,15,17)(H,18,19)/t9-/m1/s1. The van der Waals surface area contributed by atoms with Crippen molar-refractivity contribution >= 4 is 34.6 Å². The Hall–Kier alpha value is -1.77. The fourth-order valence-electron chi connectivity index (χ4n) is 1.73. The number of rotatable bonds is 6. The van der Waals surface area contributed by atoms with Crippen molar-refractivity contribution in [3.63, 3.8) is 0 Å². The Bertz CT molecular complexity index is 637. The number of carbonyl (C=O) groups is 2. The number of aliphatic hydroxyl groups is 1. The molecule has 2 rings (SSSR count). The normalized spacial score (nSPS) is 12.1. The molecule has 0 fully saturated rings. The number of nitrogens with zero attached hydrogens (tertiary/aromatic N) is 1. The van der Waals surface area contributed by atoms with Gasteiger partial charge in [0.1, 0.15) is 15.9 Å². The van der Waals surface area contributed by atoms with E-state index in [-0.39, 0.29) is 13.0 Å². The Kier molecular flexibility index (Phi) is 5.05. The van der Waals surface area contributed by atoms with Crippen molar-refractivity contribution in [2.75, 3.05) is 6.61 Å². The van der Waals surface area contributed by atoms with Gasteiger partial charge >= 0.3 is 5.97 Å². The summed E-state index contributed by atoms with van der Waals surface area (Å²) in [6.45, 7) is 1.40. The van der Waals surface area contributed by atoms with Crippen LogP contribution in [0.3, 0.4) is 0 Å². The molecule has 2 aromatic rings. The number of nitrogens with one attached hydrogen (secondary N) is 1. The number of aryl methyl sites for hydroxylation is 1. The van der Waals surface area contributed by atoms with Crippen LogP contribution in [0.1, 0.15) is 21.8 Å². The van der Waals surface area contributed by atoms with E-state index in [9.17, 15) is 9.59 Å². The van der Waals surface area contributed by atoms with Crippen molar-refractivity contribution in [1.82, 2.24) is 10.3 Å². The van der Waals surface area contributed by atoms with Crippen molar-refractivity contribution in [2.45, 2.75) is 19.4 Å². The first-order valence-electron chi connectivity index (χ1n) is 6.17. The average molecular weight is 326 g/mol. The highest BCUT2D eigenvalue weighted by Crippen LogP contribution is 2.29. The van der Waals surface area contributed by atoms with Gasteiger partial charge in [0, 0.05) is 24.0 Å². The Morgan fingerprint density at radius 3 is 2.81 bits per heavy atom. The Balaban J connectivity index is 2.18. The molecular weight excluding hydrogens is 312 g/mol. The Morgan fingerprint density at radius 2 is 2.24 bits per heavy atom. The van der Waals surface area contributed by atoms with Gasteiger partial charge in [-0.15, -0.1) is 11.3 Å². The fourth-order valence-corrected chi connectivity index (χ4v) is 3.41. The molecule has 0 saturated carbocycles. The molecule has 0 aromatic carbocycles. The van der Waals surface area contributed by atoms with Crippen LogP contribution in [0, 0.1) is 6.92 Å². The number of amides is 1. The number of carboxylic acid groups (broad SMARTS) is 1. The zero-order valence-corrected chi connectivity index (χ0v) is 12.8. The molecule has 0 bridgehead atoms. The summed E-state index contributed by atoms with van der Waals surface area (Å²) in [5, 5.41) is 24.8. The second kappa shape index (κ2) is 6.79. The topological polar surface area (TPSA) is 99.5 Å². The second-order valence-electron chi connectivity index (χ2n) is 4.32. The van der Waals surface area contributed by atoms with E-state index in [1.807, 2.05) is 16.8 Å². The van der Waals surface area contributed by atoms with E-state index in [0.29, 0.717) is 10.6 Å². The first-order chi connectivity index (χ1) is 10.0. The highest BCUT2D eigenvalue weighted by molar-refractivity contribution is 7.17. The van der Waals surface area contributed by atoms with E-state index in [2.05, 4.69) is 10.3 Å². The van der Waals surface area contributed by atoms with Gasteiger partial charge in [-0.05, 0) is 18.4 Å². The molecule has 0 spiro atoms. The maximum atomic E-state index is 12.2. The van der Waals surface area contributed by atoms with Crippen LogP contribution >= 0.6 is 22.7 Å². The lowest BCUT2D eigenvalue weighted by molar-refractivity contribution is -0.139. The molecule has 0 saturated heterocycles. The van der Waals surface area contributed by atoms with Gasteiger partial charge in [-0.25, -0.2) is 9.78 Å². The minimum absolute atomic E-state index is 0.0314. The Morgan fingerprint density at radius 1 is 1.48 bits per heavy atom. The van der Waals surface area contributed by atoms with Crippen molar-refractivity contribution in [1.29, 1.82) is 0 Å². The number of carbonyl (C=O) groups excluding carboxylic acids is 1. The summed E-state index contributed by atoms with van der Waals surface area (Å²) in [6, 6.07) is 0.810. The van der Waals surface area contributed by atoms with Gasteiger partial charge < -0.3 is 15.5 Å². The van der Waals surface area contributed by atoms with Gasteiger partial charge in [-0.1, -0.05) is 0 Å². The van der Waals surface area contributed by atoms with Crippen LogP contribution in [0.5, 0.6) is 0 Å². The van der Waals surface area contributed by atoms with Crippen LogP contribution < -0.4 is 5.32 Å². The zero-order valence-electron chi connectivity index (χ0n) is 11.2. The lowest BCUT2D eigenvalue weighted by Gasteiger charge is -2.12. The van der Waals surface area contributed by atoms with Crippen LogP contribution in [0.15, 0.2) is 16.8 Å². The molecule has 1 amide bonds. The quantitative estimate of drug-likeness (QED) is 0.751. The first-order valence-corrected chi connectivity index (χ1v) is 7.93. The highest BCUT2D eigenvalue weighted by atomic mass is 32.1. The molecule has 1 atom stereocenters. The monoisotopic (exact) mass is 326 g/mol. The number of carboxylic acids is 1. The number of hydrogen-bond donors (Lipinski definition) is 3. The third-order valence-corrected chi connectivity index (χ3v) is 4.68. The fraction of sp³-hybridized carbons (Fsp3) is 0.308. The third-order valence-electron chi connectivity index (χ3n) is 2.79. The van der Waals surface area contributed by atoms with Crippen molar-refractivity contribution in [3.8, 4) is 10.6 Å². The number of thiophene rings is 1. The average Bonchev–Trinajstić information content (AvgIpc) is 3.06. The number of aliphatic hydroxyl groups excluding tert-OH is 1. The van der Waals surface area contributed by atoms with Gasteiger partial charge in [0.15, 0.2) is 0 Å². The number of thiazole rings is 1. The van der Waals surface area contributed by atoms with E-state index in [1.165, 1.54) is 22.7 Å². The van der Waals surface area contributed by atoms with E-state index >= 15 is 0 Å². The second-order valence-corrected chi connectivity index (χ2v) is 6.10. The first kappa shape index (κ1) is 15.6. The molecule has 21 heavy (non-hydrogen) atoms. The maximum Gasteiger partial charge on any atom is 0.326 e. The molecule has 0 aliphatic heterocycles. The zero-order chi connectivity index (χ0) is 15.4. The van der Waals surface area contributed by atoms with Crippen LogP contribution in [0.25, 0.3) is 10.6 Å². The SMILES string of the molecule is Cc1nc(-c2ccsc2)sc1C(=O)N[C@H](CCO)C(=O)O. The van der Waals surface area contributed by atoms with Gasteiger partial charge in [0.05, 0.1) is 5.69 Å². The number of aliphatic carboxylic acids is 1. The smallest absolute Gasteiger partial charge is 0.326 e. The van der Waals surface area contributed by atoms with Gasteiger partial charge in [0.2, 0.25) is 0 Å². The third kappa shape index (κ3) is 3.66. The number of aromatic nitrogens is 1. The summed E-state index contributed by atoms with van der Waals surface area (Å²) in [6.07, 6.45) is -0.0314. The minimum atomic E-state index is -1.17. The van der Waals surface area contributed by atoms with Crippen LogP contribution in [-0.2, 0) is 4.79 Å². The Labute approximate surface area is 129 Å². The molecule has 2 aromatic heterocycles. The molecule has 8 heteroatoms. The molecule has 0 unspecified atom stereocenters. The summed E-state index contributed by atoms with van der Waals surface area (Å²) in [7, 11) is 0. The van der Waals surface area contributed by atoms with Crippen molar-refractivity contribution in [2.24, 2.45) is 0 Å². The minimum Gasteiger partial charge on any atom is -0.480 e. The largest absolute Gasteiger partial charge is 0.480 e. The molecule has 112 valence electrons. The predicted octanol–water partition coefficient (Wildman–Crippen LogP) is 1.75. The molecule has 6 nitrogen and oxygen atoms in total. The number of hydrogen-bond acceptors (Lipinski definition) is 6. The molecule has 2 heterocycles. The summed E-state index contributed by atoms with van der Waals surface area (Å²) in [5.74, 6) is -1.65. The maximum absolute atomic E-state index is 12.2. The van der Waals surface area contributed by atoms with Gasteiger partial charge in [-0.2, -0.15) is 11.3 Å². The summed E-state index contributed by atoms with van der Waals surface area (Å²) in [5.41, 5.74) is 1.50. The van der Waals surface area contributed by atoms with E-state index in [1.54, 1.807) is 6.92 Å². The molecule has 0 radical (unpaired) electrons. The van der Waals surface area contributed by atoms with E-state index in [0.717, 1.165) is 10.6 Å². The predicted molar refractivity (Wildman–Crippen MR) is 80.8 cm³/mol. The summed E-state index contributed by atoms with van der Waals surface area (Å²) in [4.78, 5) is 27.9. The van der Waals surface area contributed by atoms with E-state index < -0.39 is 17.9 Å². The van der Waals surface area contributed by atoms with Crippen molar-refractivity contribution in [3.05, 3.63) is 27.4 Å². The summed E-state index contributed by atoms with van der Waals surface area (Å²) >= 11 is 2.76. The van der Waals surface area contributed by atoms with Gasteiger partial charge in [0.25, 0.3) is 5.91 Å². The summed E-state index contributed by atoms with van der Waals surface area (Å²) < 4.78 is 0. The molecule has 0 aliphatic carbocycles.